The molecule has 0 spiro atoms. The number of aromatic nitrogens is 3. The first-order valence-corrected chi connectivity index (χ1v) is 16.1. The molecule has 2 aliphatic heterocycles. The van der Waals surface area contributed by atoms with E-state index in [1.54, 1.807) is 11.0 Å². The second-order valence-electron chi connectivity index (χ2n) is 13.5. The number of benzene rings is 2. The minimum absolute atomic E-state index is 0.00297. The SMILES string of the molecule is Cc1cc(C(C)(C)c2ncnn2C)c(C2CCN(C(=O)[C@@H]3CC(N4CC[C@H](F)C4)C[C@H]3c3ccc(F)cc3F)CC2)cc1Cl. The first kappa shape index (κ1) is 31.1. The number of likely N-dealkylation sites (tertiary alicyclic amines) is 2. The van der Waals surface area contributed by atoms with Crippen LogP contribution in [0.25, 0.3) is 0 Å². The lowest BCUT2D eigenvalue weighted by Crippen LogP contribution is -2.42. The van der Waals surface area contributed by atoms with Crippen LogP contribution in [-0.4, -0.2) is 68.9 Å². The molecule has 2 saturated heterocycles. The predicted molar refractivity (Wildman–Crippen MR) is 165 cm³/mol. The summed E-state index contributed by atoms with van der Waals surface area (Å²) in [5.74, 6) is -0.993. The van der Waals surface area contributed by atoms with Crippen molar-refractivity contribution in [1.82, 2.24) is 24.6 Å². The Kier molecular flexibility index (Phi) is 8.56. The van der Waals surface area contributed by atoms with Crippen LogP contribution in [0.1, 0.15) is 85.9 Å². The summed E-state index contributed by atoms with van der Waals surface area (Å²) >= 11 is 6.67. The molecule has 1 aromatic heterocycles. The summed E-state index contributed by atoms with van der Waals surface area (Å²) in [6.07, 6.45) is 3.84. The quantitative estimate of drug-likeness (QED) is 0.306. The smallest absolute Gasteiger partial charge is 0.226 e. The highest BCUT2D eigenvalue weighted by Crippen LogP contribution is 2.46. The molecule has 10 heteroatoms. The molecule has 3 heterocycles. The number of alkyl halides is 1. The van der Waals surface area contributed by atoms with Gasteiger partial charge >= 0.3 is 0 Å². The average molecular weight is 628 g/mol. The van der Waals surface area contributed by atoms with Crippen molar-refractivity contribution in [2.45, 2.75) is 82.3 Å². The number of halogens is 4. The van der Waals surface area contributed by atoms with E-state index >= 15 is 4.39 Å². The van der Waals surface area contributed by atoms with Crippen molar-refractivity contribution >= 4 is 17.5 Å². The van der Waals surface area contributed by atoms with Crippen molar-refractivity contribution in [2.24, 2.45) is 13.0 Å². The highest BCUT2D eigenvalue weighted by Gasteiger charge is 2.46. The number of aryl methyl sites for hydroxylation is 2. The summed E-state index contributed by atoms with van der Waals surface area (Å²) in [6, 6.07) is 7.87. The number of hydrogen-bond acceptors (Lipinski definition) is 4. The van der Waals surface area contributed by atoms with E-state index in [4.69, 9.17) is 11.6 Å². The van der Waals surface area contributed by atoms with Crippen LogP contribution in [0.4, 0.5) is 13.2 Å². The van der Waals surface area contributed by atoms with Crippen molar-refractivity contribution in [3.63, 3.8) is 0 Å². The largest absolute Gasteiger partial charge is 0.342 e. The molecule has 1 saturated carbocycles. The molecule has 1 unspecified atom stereocenters. The Morgan fingerprint density at radius 2 is 1.77 bits per heavy atom. The van der Waals surface area contributed by atoms with Gasteiger partial charge in [0.25, 0.3) is 0 Å². The number of carbonyl (C=O) groups is 1. The first-order valence-electron chi connectivity index (χ1n) is 15.7. The summed E-state index contributed by atoms with van der Waals surface area (Å²) < 4.78 is 44.7. The Balaban J connectivity index is 1.23. The lowest BCUT2D eigenvalue weighted by molar-refractivity contribution is -0.137. The van der Waals surface area contributed by atoms with Gasteiger partial charge in [-0.25, -0.2) is 18.2 Å². The van der Waals surface area contributed by atoms with E-state index in [0.717, 1.165) is 40.9 Å². The maximum Gasteiger partial charge on any atom is 0.226 e. The first-order chi connectivity index (χ1) is 20.9. The summed E-state index contributed by atoms with van der Waals surface area (Å²) in [5.41, 5.74) is 3.29. The van der Waals surface area contributed by atoms with Gasteiger partial charge in [-0.05, 0) is 99.1 Å². The number of nitrogens with zero attached hydrogens (tertiary/aromatic N) is 5. The van der Waals surface area contributed by atoms with Crippen LogP contribution in [0.15, 0.2) is 36.7 Å². The molecule has 6 nitrogen and oxygen atoms in total. The number of rotatable bonds is 6. The molecule has 3 aromatic rings. The van der Waals surface area contributed by atoms with Crippen LogP contribution in [0, 0.1) is 24.5 Å². The van der Waals surface area contributed by atoms with E-state index in [-0.39, 0.29) is 23.8 Å². The van der Waals surface area contributed by atoms with Crippen molar-refractivity contribution in [1.29, 1.82) is 0 Å². The molecule has 0 N–H and O–H groups in total. The zero-order chi connectivity index (χ0) is 31.3. The molecular weight excluding hydrogens is 587 g/mol. The van der Waals surface area contributed by atoms with Gasteiger partial charge in [-0.3, -0.25) is 14.4 Å². The number of piperidine rings is 1. The average Bonchev–Trinajstić information content (AvgIpc) is 3.74. The Bertz CT molecular complexity index is 1540. The van der Waals surface area contributed by atoms with E-state index < -0.39 is 29.1 Å². The molecule has 3 aliphatic rings. The molecule has 6 rings (SSSR count). The van der Waals surface area contributed by atoms with Gasteiger partial charge in [-0.15, -0.1) is 0 Å². The van der Waals surface area contributed by atoms with Gasteiger partial charge in [0.2, 0.25) is 5.91 Å². The fourth-order valence-corrected chi connectivity index (χ4v) is 8.18. The lowest BCUT2D eigenvalue weighted by atomic mass is 9.75. The molecule has 2 aromatic carbocycles. The fourth-order valence-electron chi connectivity index (χ4n) is 8.01. The van der Waals surface area contributed by atoms with E-state index in [1.807, 2.05) is 18.9 Å². The van der Waals surface area contributed by atoms with Gasteiger partial charge in [0.1, 0.15) is 30.0 Å². The van der Waals surface area contributed by atoms with Crippen molar-refractivity contribution in [3.05, 3.63) is 81.4 Å². The molecular formula is C34H41ClF3N5O. The maximum absolute atomic E-state index is 15.0. The van der Waals surface area contributed by atoms with Crippen molar-refractivity contribution in [3.8, 4) is 0 Å². The second-order valence-corrected chi connectivity index (χ2v) is 13.9. The fraction of sp³-hybridized carbons (Fsp3) is 0.559. The minimum atomic E-state index is -0.872. The van der Waals surface area contributed by atoms with E-state index in [2.05, 4.69) is 41.0 Å². The van der Waals surface area contributed by atoms with E-state index in [9.17, 15) is 13.6 Å². The number of carbonyl (C=O) groups excluding carboxylic acids is 1. The molecule has 44 heavy (non-hydrogen) atoms. The Morgan fingerprint density at radius 1 is 1.02 bits per heavy atom. The number of hydrogen-bond donors (Lipinski definition) is 0. The zero-order valence-corrected chi connectivity index (χ0v) is 26.6. The monoisotopic (exact) mass is 627 g/mol. The topological polar surface area (TPSA) is 54.3 Å². The summed E-state index contributed by atoms with van der Waals surface area (Å²) in [4.78, 5) is 22.7. The normalized spacial score (nSPS) is 25.2. The van der Waals surface area contributed by atoms with Crippen LogP contribution in [0.5, 0.6) is 0 Å². The van der Waals surface area contributed by atoms with Crippen LogP contribution < -0.4 is 0 Å². The Hall–Kier alpha value is -2.91. The summed E-state index contributed by atoms with van der Waals surface area (Å²) in [7, 11) is 1.90. The van der Waals surface area contributed by atoms with Crippen LogP contribution in [0.3, 0.4) is 0 Å². The van der Waals surface area contributed by atoms with Gasteiger partial charge in [0.15, 0.2) is 0 Å². The summed E-state index contributed by atoms with van der Waals surface area (Å²) in [5, 5.41) is 5.02. The van der Waals surface area contributed by atoms with Gasteiger partial charge in [-0.1, -0.05) is 23.7 Å². The Labute approximate surface area is 262 Å². The number of amides is 1. The third-order valence-corrected chi connectivity index (χ3v) is 10.8. The molecule has 3 fully saturated rings. The van der Waals surface area contributed by atoms with E-state index in [1.165, 1.54) is 17.7 Å². The van der Waals surface area contributed by atoms with Gasteiger partial charge in [-0.2, -0.15) is 5.10 Å². The van der Waals surface area contributed by atoms with Gasteiger partial charge in [0.05, 0.1) is 0 Å². The Morgan fingerprint density at radius 3 is 2.41 bits per heavy atom. The minimum Gasteiger partial charge on any atom is -0.342 e. The molecule has 0 radical (unpaired) electrons. The maximum atomic E-state index is 15.0. The highest BCUT2D eigenvalue weighted by molar-refractivity contribution is 6.31. The molecule has 1 amide bonds. The van der Waals surface area contributed by atoms with Crippen LogP contribution >= 0.6 is 11.6 Å². The van der Waals surface area contributed by atoms with Crippen LogP contribution in [-0.2, 0) is 17.3 Å². The molecule has 4 atom stereocenters. The molecule has 1 aliphatic carbocycles. The second kappa shape index (κ2) is 12.1. The van der Waals surface area contributed by atoms with E-state index in [0.29, 0.717) is 51.0 Å². The van der Waals surface area contributed by atoms with Gasteiger partial charge < -0.3 is 4.90 Å². The molecule has 0 bridgehead atoms. The zero-order valence-electron chi connectivity index (χ0n) is 25.9. The van der Waals surface area contributed by atoms with Crippen molar-refractivity contribution < 1.29 is 18.0 Å². The third kappa shape index (κ3) is 5.78. The third-order valence-electron chi connectivity index (χ3n) is 10.4. The van der Waals surface area contributed by atoms with Gasteiger partial charge in [0, 0.05) is 61.7 Å². The lowest BCUT2D eigenvalue weighted by Gasteiger charge is -2.37. The highest BCUT2D eigenvalue weighted by atomic mass is 35.5. The molecule has 236 valence electrons. The van der Waals surface area contributed by atoms with Crippen molar-refractivity contribution in [2.75, 3.05) is 26.2 Å². The summed E-state index contributed by atoms with van der Waals surface area (Å²) in [6.45, 7) is 8.46. The standard InChI is InChI=1S/C34H41ClF3N5O/c1-20-13-29(34(2,3)33-39-19-40-41(33)4)26(17-30(20)35)21-7-10-42(11-8-21)32(44)28-16-24(43-12-9-23(37)18-43)15-27(28)25-6-5-22(36)14-31(25)38/h5-6,13-14,17,19,21,23-24,27-28H,7-12,15-16,18H2,1-4H3/t23-,24?,27-,28+/m0/s1. The predicted octanol–water partition coefficient (Wildman–Crippen LogP) is 6.69. The van der Waals surface area contributed by atoms with Crippen LogP contribution in [0.2, 0.25) is 5.02 Å².